The normalized spacial score (nSPS) is 16.4. The third-order valence-corrected chi connectivity index (χ3v) is 15.6. The molecule has 1 aromatic heterocycles. The molecular weight excluding hydrogens is 985 g/mol. The van der Waals surface area contributed by atoms with Crippen LogP contribution in [0.3, 0.4) is 0 Å². The zero-order valence-corrected chi connectivity index (χ0v) is 45.4. The van der Waals surface area contributed by atoms with Gasteiger partial charge in [-0.05, 0) is 140 Å². The van der Waals surface area contributed by atoms with Gasteiger partial charge in [-0.3, -0.25) is 0 Å². The molecule has 0 spiro atoms. The van der Waals surface area contributed by atoms with E-state index in [0.717, 1.165) is 109 Å². The molecule has 0 saturated carbocycles. The topological polar surface area (TPSA) is 38.7 Å². The van der Waals surface area contributed by atoms with Crippen molar-refractivity contribution in [3.05, 3.63) is 315 Å². The van der Waals surface area contributed by atoms with Gasteiger partial charge in [0.1, 0.15) is 0 Å². The summed E-state index contributed by atoms with van der Waals surface area (Å²) in [6.07, 6.45) is 26.0. The van der Waals surface area contributed by atoms with Gasteiger partial charge in [-0.15, -0.1) is 0 Å². The molecule has 10 aromatic rings. The monoisotopic (exact) mass is 1050 g/mol. The highest BCUT2D eigenvalue weighted by Gasteiger charge is 2.31. The summed E-state index contributed by atoms with van der Waals surface area (Å²) < 4.78 is 0. The van der Waals surface area contributed by atoms with Crippen molar-refractivity contribution in [2.24, 2.45) is 5.92 Å². The summed E-state index contributed by atoms with van der Waals surface area (Å²) in [6.45, 7) is 2.35. The fraction of sp³-hybridized carbons (Fsp3) is 0.0933. The van der Waals surface area contributed by atoms with Gasteiger partial charge in [0, 0.05) is 79.5 Å². The third-order valence-electron chi connectivity index (χ3n) is 15.6. The van der Waals surface area contributed by atoms with Crippen molar-refractivity contribution < 1.29 is 0 Å². The fourth-order valence-electron chi connectivity index (χ4n) is 11.7. The van der Waals surface area contributed by atoms with Gasteiger partial charge in [0.25, 0.3) is 0 Å². The highest BCUT2D eigenvalue weighted by molar-refractivity contribution is 5.96. The van der Waals surface area contributed by atoms with E-state index in [2.05, 4.69) is 330 Å². The van der Waals surface area contributed by atoms with Gasteiger partial charge < -0.3 is 19.6 Å². The first kappa shape index (κ1) is 50.5. The van der Waals surface area contributed by atoms with Crippen molar-refractivity contribution in [2.75, 3.05) is 19.6 Å². The van der Waals surface area contributed by atoms with Crippen molar-refractivity contribution in [3.8, 4) is 33.6 Å². The maximum absolute atomic E-state index is 5.61. The number of nitrogens with zero attached hydrogens (tertiary/aromatic N) is 6. The molecule has 3 atom stereocenters. The Bertz CT molecular complexity index is 3960. The lowest BCUT2D eigenvalue weighted by Crippen LogP contribution is -2.46. The van der Waals surface area contributed by atoms with Gasteiger partial charge in [-0.2, -0.15) is 0 Å². The maximum Gasteiger partial charge on any atom is 0.0973 e. The molecule has 3 aliphatic carbocycles. The summed E-state index contributed by atoms with van der Waals surface area (Å²) in [6, 6.07) is 86.7. The Labute approximate surface area is 476 Å². The zero-order chi connectivity index (χ0) is 54.3. The van der Waals surface area contributed by atoms with Crippen LogP contribution >= 0.6 is 0 Å². The van der Waals surface area contributed by atoms with Crippen LogP contribution in [0.1, 0.15) is 26.2 Å². The molecule has 0 amide bonds. The number of allylic oxidation sites excluding steroid dienone is 6. The number of aromatic nitrogens is 2. The van der Waals surface area contributed by atoms with Crippen LogP contribution in [-0.2, 0) is 0 Å². The van der Waals surface area contributed by atoms with Gasteiger partial charge in [0.2, 0.25) is 0 Å². The van der Waals surface area contributed by atoms with E-state index in [1.165, 1.54) is 11.4 Å². The molecule has 0 saturated heterocycles. The fourth-order valence-corrected chi connectivity index (χ4v) is 11.7. The Morgan fingerprint density at radius 1 is 0.383 bits per heavy atom. The second-order valence-electron chi connectivity index (χ2n) is 20.9. The highest BCUT2D eigenvalue weighted by Crippen LogP contribution is 2.42. The molecule has 3 unspecified atom stereocenters. The average Bonchev–Trinajstić information content (AvgIpc) is 3.62. The molecule has 392 valence electrons. The van der Waals surface area contributed by atoms with Crippen LogP contribution in [0.5, 0.6) is 0 Å². The molecule has 13 rings (SSSR count). The number of benzene rings is 9. The zero-order valence-electron chi connectivity index (χ0n) is 45.4. The lowest BCUT2D eigenvalue weighted by atomic mass is 9.90. The van der Waals surface area contributed by atoms with Crippen LogP contribution in [0.4, 0.5) is 45.5 Å². The van der Waals surface area contributed by atoms with E-state index >= 15 is 0 Å². The molecule has 0 fully saturated rings. The van der Waals surface area contributed by atoms with E-state index in [1.54, 1.807) is 0 Å². The van der Waals surface area contributed by atoms with Crippen LogP contribution < -0.4 is 19.6 Å². The number of rotatable bonds is 15. The quantitative estimate of drug-likeness (QED) is 0.102. The Hall–Kier alpha value is -10.0. The van der Waals surface area contributed by atoms with Crippen molar-refractivity contribution >= 4 is 56.5 Å². The minimum Gasteiger partial charge on any atom is -0.358 e. The molecule has 1 heterocycles. The van der Waals surface area contributed by atoms with Crippen LogP contribution in [0.2, 0.25) is 0 Å². The third kappa shape index (κ3) is 10.6. The molecule has 6 nitrogen and oxygen atoms in total. The standard InChI is InChI=1S/C75H62N6/c1-55-54-69(52-53-72(55)81(63-34-19-7-20-35-63)64-36-21-8-22-37-64)80(62-32-17-6-18-33-62)66-46-40-57(41-47-66)73-74(77-75-70(38-23-39-71(75)76-73)56-24-9-2-10-25-56)58-42-44-65(45-43-58)79(61-30-15-5-16-31-61)68-50-48-67(49-51-68)78(59-26-11-3-12-27-59)60-28-13-4-14-29-60/h2-3,5-13,15-36,38-55,64,72H,4,14,37H2,1H3. The van der Waals surface area contributed by atoms with E-state index in [-0.39, 0.29) is 18.0 Å². The second-order valence-corrected chi connectivity index (χ2v) is 20.9. The Balaban J connectivity index is 0.866. The predicted octanol–water partition coefficient (Wildman–Crippen LogP) is 19.5. The van der Waals surface area contributed by atoms with Crippen LogP contribution in [0.15, 0.2) is 315 Å². The predicted molar refractivity (Wildman–Crippen MR) is 340 cm³/mol. The lowest BCUT2D eigenvalue weighted by Gasteiger charge is -2.42. The minimum atomic E-state index is 0.172. The molecule has 0 radical (unpaired) electrons. The molecule has 9 aromatic carbocycles. The second kappa shape index (κ2) is 23.1. The van der Waals surface area contributed by atoms with Gasteiger partial charge in [-0.1, -0.05) is 195 Å². The smallest absolute Gasteiger partial charge is 0.0973 e. The molecule has 0 aliphatic heterocycles. The van der Waals surface area contributed by atoms with Crippen molar-refractivity contribution in [1.29, 1.82) is 0 Å². The van der Waals surface area contributed by atoms with Crippen molar-refractivity contribution in [1.82, 2.24) is 9.97 Å². The largest absolute Gasteiger partial charge is 0.358 e. The van der Waals surface area contributed by atoms with Crippen LogP contribution in [0, 0.1) is 5.92 Å². The van der Waals surface area contributed by atoms with Gasteiger partial charge >= 0.3 is 0 Å². The lowest BCUT2D eigenvalue weighted by molar-refractivity contribution is 0.524. The number of anilines is 8. The maximum atomic E-state index is 5.61. The summed E-state index contributed by atoms with van der Waals surface area (Å²) in [5.74, 6) is 0.218. The number of hydrogen-bond acceptors (Lipinski definition) is 6. The van der Waals surface area contributed by atoms with Crippen LogP contribution in [-0.4, -0.2) is 22.1 Å². The summed E-state index contributed by atoms with van der Waals surface area (Å²) in [5.41, 5.74) is 18.5. The summed E-state index contributed by atoms with van der Waals surface area (Å²) >= 11 is 0. The van der Waals surface area contributed by atoms with E-state index < -0.39 is 0 Å². The number of para-hydroxylation sites is 5. The van der Waals surface area contributed by atoms with Crippen molar-refractivity contribution in [3.63, 3.8) is 0 Å². The molecule has 0 bridgehead atoms. The Kier molecular flexibility index (Phi) is 14.4. The Morgan fingerprint density at radius 3 is 1.41 bits per heavy atom. The van der Waals surface area contributed by atoms with E-state index in [9.17, 15) is 0 Å². The summed E-state index contributed by atoms with van der Waals surface area (Å²) in [4.78, 5) is 20.8. The van der Waals surface area contributed by atoms with Crippen molar-refractivity contribution in [2.45, 2.75) is 38.3 Å². The molecule has 6 heteroatoms. The van der Waals surface area contributed by atoms with Gasteiger partial charge in [0.15, 0.2) is 0 Å². The first-order valence-electron chi connectivity index (χ1n) is 28.3. The molecule has 81 heavy (non-hydrogen) atoms. The first-order valence-corrected chi connectivity index (χ1v) is 28.3. The van der Waals surface area contributed by atoms with Gasteiger partial charge in [0.05, 0.1) is 34.5 Å². The molecule has 0 N–H and O–H groups in total. The minimum absolute atomic E-state index is 0.172. The first-order chi connectivity index (χ1) is 40.1. The van der Waals surface area contributed by atoms with E-state index in [0.29, 0.717) is 0 Å². The highest BCUT2D eigenvalue weighted by atomic mass is 15.2. The van der Waals surface area contributed by atoms with E-state index in [4.69, 9.17) is 9.97 Å². The number of fused-ring (bicyclic) bond motifs is 1. The van der Waals surface area contributed by atoms with E-state index in [1.807, 2.05) is 0 Å². The summed E-state index contributed by atoms with van der Waals surface area (Å²) in [7, 11) is 0. The van der Waals surface area contributed by atoms with Gasteiger partial charge in [-0.25, -0.2) is 9.97 Å². The van der Waals surface area contributed by atoms with Crippen LogP contribution in [0.25, 0.3) is 44.7 Å². The molecule has 3 aliphatic rings. The average molecular weight is 1050 g/mol. The Morgan fingerprint density at radius 2 is 0.877 bits per heavy atom. The number of hydrogen-bond donors (Lipinski definition) is 0. The molecular formula is C75H62N6. The SMILES string of the molecule is CC1C=C(N(c2ccccc2)c2ccc(-c3nc4cccc(-c5ccccc5)c4nc3-c3ccc(N(c4ccccc4)c4ccc(N(C5=CCCC=C5)c5ccccc5)cc4)cc3)cc2)C=CC1N(c1ccccc1)C1C=CC=CC1. The summed E-state index contributed by atoms with van der Waals surface area (Å²) in [5, 5.41) is 0.